The molecule has 0 aromatic heterocycles. The molecule has 0 aliphatic carbocycles. The number of hydrogen-bond acceptors (Lipinski definition) is 3. The van der Waals surface area contributed by atoms with E-state index in [-0.39, 0.29) is 12.1 Å². The molecule has 1 heterocycles. The molecule has 4 nitrogen and oxygen atoms in total. The maximum atomic E-state index is 10.4. The summed E-state index contributed by atoms with van der Waals surface area (Å²) in [5.74, 6) is 0.207. The molecule has 0 radical (unpaired) electrons. The van der Waals surface area contributed by atoms with Gasteiger partial charge in [0.15, 0.2) is 11.1 Å². The van der Waals surface area contributed by atoms with Crippen molar-refractivity contribution in [3.05, 3.63) is 0 Å². The number of likely N-dealkylation sites (tertiary alicyclic amines) is 1. The molecule has 0 amide bonds. The molecule has 1 saturated heterocycles. The zero-order valence-corrected chi connectivity index (χ0v) is 7.34. The lowest BCUT2D eigenvalue weighted by Gasteiger charge is -2.20. The van der Waals surface area contributed by atoms with E-state index in [1.165, 1.54) is 0 Å². The first-order valence-corrected chi connectivity index (χ1v) is 4.86. The van der Waals surface area contributed by atoms with Crippen LogP contribution in [0, 0.1) is 0 Å². The Morgan fingerprint density at radius 1 is 1.82 bits per heavy atom. The van der Waals surface area contributed by atoms with Crippen molar-refractivity contribution in [2.24, 2.45) is 0 Å². The fourth-order valence-corrected chi connectivity index (χ4v) is 1.93. The smallest absolute Gasteiger partial charge is 0.167 e. The molecule has 5 heteroatoms. The molecule has 1 N–H and O–H groups in total. The van der Waals surface area contributed by atoms with Crippen LogP contribution in [0.3, 0.4) is 0 Å². The van der Waals surface area contributed by atoms with E-state index in [1.54, 1.807) is 7.11 Å². The first-order valence-electron chi connectivity index (χ1n) is 3.58. The van der Waals surface area contributed by atoms with Crippen LogP contribution in [0.15, 0.2) is 0 Å². The molecule has 1 rings (SSSR count). The zero-order valence-electron chi connectivity index (χ0n) is 6.52. The highest BCUT2D eigenvalue weighted by Gasteiger charge is 2.24. The lowest BCUT2D eigenvalue weighted by Crippen LogP contribution is -2.33. The summed E-state index contributed by atoms with van der Waals surface area (Å²) in [7, 11) is 1.63. The van der Waals surface area contributed by atoms with Crippen molar-refractivity contribution >= 4 is 11.1 Å². The Kier molecular flexibility index (Phi) is 3.45. The molecule has 11 heavy (non-hydrogen) atoms. The van der Waals surface area contributed by atoms with E-state index in [9.17, 15) is 4.21 Å². The predicted octanol–water partition coefficient (Wildman–Crippen LogP) is 0.234. The molecule has 1 aliphatic heterocycles. The van der Waals surface area contributed by atoms with Gasteiger partial charge in [0, 0.05) is 13.7 Å². The van der Waals surface area contributed by atoms with Gasteiger partial charge < -0.3 is 9.29 Å². The fraction of sp³-hybridized carbons (Fsp3) is 1.00. The highest BCUT2D eigenvalue weighted by Crippen LogP contribution is 2.16. The van der Waals surface area contributed by atoms with Crippen LogP contribution in [-0.2, 0) is 15.8 Å². The van der Waals surface area contributed by atoms with Gasteiger partial charge in [0.05, 0.1) is 0 Å². The van der Waals surface area contributed by atoms with Crippen molar-refractivity contribution in [3.63, 3.8) is 0 Å². The van der Waals surface area contributed by atoms with Gasteiger partial charge in [0.1, 0.15) is 12.1 Å². The minimum atomic E-state index is -1.73. The van der Waals surface area contributed by atoms with Crippen LogP contribution < -0.4 is 0 Å². The summed E-state index contributed by atoms with van der Waals surface area (Å²) in [5.41, 5.74) is 0. The Morgan fingerprint density at radius 2 is 2.55 bits per heavy atom. The highest BCUT2D eigenvalue weighted by atomic mass is 32.2. The first-order chi connectivity index (χ1) is 5.24. The van der Waals surface area contributed by atoms with Crippen LogP contribution in [0.25, 0.3) is 0 Å². The fourth-order valence-electron chi connectivity index (χ4n) is 1.35. The van der Waals surface area contributed by atoms with Crippen LogP contribution >= 0.6 is 0 Å². The van der Waals surface area contributed by atoms with Crippen molar-refractivity contribution in [2.75, 3.05) is 19.5 Å². The van der Waals surface area contributed by atoms with Crippen molar-refractivity contribution in [2.45, 2.75) is 19.1 Å². The number of rotatable bonds is 3. The molecule has 0 spiro atoms. The second-order valence-electron chi connectivity index (χ2n) is 2.60. The van der Waals surface area contributed by atoms with Crippen LogP contribution in [0.1, 0.15) is 12.8 Å². The summed E-state index contributed by atoms with van der Waals surface area (Å²) in [6, 6.07) is 0. The van der Waals surface area contributed by atoms with Gasteiger partial charge in [-0.25, -0.2) is 4.21 Å². The molecular weight excluding hydrogens is 166 g/mol. The molecule has 66 valence electrons. The summed E-state index contributed by atoms with van der Waals surface area (Å²) in [4.78, 5) is 1.89. The normalized spacial score (nSPS) is 29.1. The molecule has 1 fully saturated rings. The standard InChI is InChI=1S/C6H13NO3S/c1-10-6-3-2-4-7(6)5-11(8)9/h6H,2-5H2,1H3,(H,8,9). The Hall–Kier alpha value is 0.0300. The van der Waals surface area contributed by atoms with Crippen LogP contribution in [-0.4, -0.2) is 39.4 Å². The van der Waals surface area contributed by atoms with Gasteiger partial charge in [0.25, 0.3) is 0 Å². The number of nitrogens with zero attached hydrogens (tertiary/aromatic N) is 1. The zero-order chi connectivity index (χ0) is 8.27. The Morgan fingerprint density at radius 3 is 3.09 bits per heavy atom. The largest absolute Gasteiger partial charge is 0.366 e. The Labute approximate surface area is 68.8 Å². The third-order valence-corrected chi connectivity index (χ3v) is 2.40. The Bertz CT molecular complexity index is 153. The van der Waals surface area contributed by atoms with Crippen molar-refractivity contribution in [1.29, 1.82) is 0 Å². The molecule has 1 aliphatic rings. The van der Waals surface area contributed by atoms with Gasteiger partial charge in [-0.15, -0.1) is 0 Å². The topological polar surface area (TPSA) is 49.8 Å². The predicted molar refractivity (Wildman–Crippen MR) is 42.4 cm³/mol. The van der Waals surface area contributed by atoms with Gasteiger partial charge in [-0.2, -0.15) is 0 Å². The van der Waals surface area contributed by atoms with Crippen LogP contribution in [0.5, 0.6) is 0 Å². The molecule has 2 atom stereocenters. The van der Waals surface area contributed by atoms with E-state index in [2.05, 4.69) is 0 Å². The molecule has 0 saturated carbocycles. The maximum absolute atomic E-state index is 10.4. The van der Waals surface area contributed by atoms with E-state index >= 15 is 0 Å². The first kappa shape index (κ1) is 9.12. The second-order valence-corrected chi connectivity index (χ2v) is 3.50. The number of methoxy groups -OCH3 is 1. The summed E-state index contributed by atoms with van der Waals surface area (Å²) < 4.78 is 24.1. The van der Waals surface area contributed by atoms with E-state index in [0.717, 1.165) is 19.4 Å². The van der Waals surface area contributed by atoms with Gasteiger partial charge in [-0.05, 0) is 12.8 Å². The van der Waals surface area contributed by atoms with Gasteiger partial charge >= 0.3 is 0 Å². The quantitative estimate of drug-likeness (QED) is 0.630. The average molecular weight is 179 g/mol. The summed E-state index contributed by atoms with van der Waals surface area (Å²) in [5, 5.41) is 0. The third kappa shape index (κ3) is 2.52. The van der Waals surface area contributed by atoms with Crippen molar-refractivity contribution in [1.82, 2.24) is 4.90 Å². The highest BCUT2D eigenvalue weighted by molar-refractivity contribution is 7.79. The van der Waals surface area contributed by atoms with E-state index in [1.807, 2.05) is 4.90 Å². The van der Waals surface area contributed by atoms with E-state index in [4.69, 9.17) is 9.29 Å². The molecular formula is C6H13NO3S. The summed E-state index contributed by atoms with van der Waals surface area (Å²) in [6.45, 7) is 0.866. The Balaban J connectivity index is 2.37. The van der Waals surface area contributed by atoms with Crippen molar-refractivity contribution < 1.29 is 13.5 Å². The minimum absolute atomic E-state index is 0.0473. The van der Waals surface area contributed by atoms with E-state index < -0.39 is 11.1 Å². The van der Waals surface area contributed by atoms with E-state index in [0.29, 0.717) is 0 Å². The SMILES string of the molecule is COC1CCCN1CS(=O)O. The van der Waals surface area contributed by atoms with Crippen LogP contribution in [0.2, 0.25) is 0 Å². The third-order valence-electron chi connectivity index (χ3n) is 1.85. The van der Waals surface area contributed by atoms with Gasteiger partial charge in [0.2, 0.25) is 0 Å². The monoisotopic (exact) mass is 179 g/mol. The number of hydrogen-bond donors (Lipinski definition) is 1. The second kappa shape index (κ2) is 4.15. The van der Waals surface area contributed by atoms with Crippen molar-refractivity contribution in [3.8, 4) is 0 Å². The molecule has 2 unspecified atom stereocenters. The molecule has 0 aromatic rings. The maximum Gasteiger partial charge on any atom is 0.167 e. The lowest BCUT2D eigenvalue weighted by atomic mass is 10.4. The van der Waals surface area contributed by atoms with Crippen LogP contribution in [0.4, 0.5) is 0 Å². The minimum Gasteiger partial charge on any atom is -0.366 e. The summed E-state index contributed by atoms with van der Waals surface area (Å²) >= 11 is -1.73. The number of ether oxygens (including phenoxy) is 1. The van der Waals surface area contributed by atoms with Gasteiger partial charge in [-0.3, -0.25) is 4.90 Å². The molecule has 0 bridgehead atoms. The van der Waals surface area contributed by atoms with Gasteiger partial charge in [-0.1, -0.05) is 0 Å². The lowest BCUT2D eigenvalue weighted by molar-refractivity contribution is 0.00612. The average Bonchev–Trinajstić information content (AvgIpc) is 2.34. The summed E-state index contributed by atoms with van der Waals surface area (Å²) in [6.07, 6.45) is 2.06. The molecule has 0 aromatic carbocycles.